The monoisotopic (exact) mass is 557 g/mol. The molecule has 0 radical (unpaired) electrons. The number of urea groups is 1. The first-order valence-corrected chi connectivity index (χ1v) is 13.5. The second-order valence-corrected chi connectivity index (χ2v) is 11.5. The van der Waals surface area contributed by atoms with Crippen molar-refractivity contribution >= 4 is 29.2 Å². The molecule has 1 aliphatic rings. The summed E-state index contributed by atoms with van der Waals surface area (Å²) in [7, 11) is 0. The van der Waals surface area contributed by atoms with Crippen molar-refractivity contribution in [2.45, 2.75) is 58.0 Å². The Hall–Kier alpha value is -4.73. The van der Waals surface area contributed by atoms with Gasteiger partial charge in [0.25, 0.3) is 11.6 Å². The van der Waals surface area contributed by atoms with Gasteiger partial charge in [0.05, 0.1) is 16.7 Å². The molecule has 3 aromatic carbocycles. The van der Waals surface area contributed by atoms with Crippen LogP contribution in [0.1, 0.15) is 63.1 Å². The maximum atomic E-state index is 14.5. The van der Waals surface area contributed by atoms with Crippen molar-refractivity contribution in [3.63, 3.8) is 0 Å². The zero-order valence-corrected chi connectivity index (χ0v) is 23.4. The Bertz CT molecular complexity index is 1410. The van der Waals surface area contributed by atoms with Crippen LogP contribution in [0.4, 0.5) is 16.2 Å². The number of amides is 4. The lowest BCUT2D eigenvalue weighted by Gasteiger charge is -2.35. The lowest BCUT2D eigenvalue weighted by molar-refractivity contribution is -0.384. The van der Waals surface area contributed by atoms with Gasteiger partial charge in [0.15, 0.2) is 0 Å². The van der Waals surface area contributed by atoms with Gasteiger partial charge in [-0.3, -0.25) is 30.0 Å². The third-order valence-corrected chi connectivity index (χ3v) is 7.11. The summed E-state index contributed by atoms with van der Waals surface area (Å²) in [5, 5.41) is 12.8. The number of hydrogen-bond donors (Lipinski definition) is 2. The fourth-order valence-corrected chi connectivity index (χ4v) is 5.33. The number of nitrogens with one attached hydrogen (secondary N) is 1. The van der Waals surface area contributed by atoms with Gasteiger partial charge in [0.1, 0.15) is 6.04 Å². The highest BCUT2D eigenvalue weighted by molar-refractivity contribution is 6.00. The van der Waals surface area contributed by atoms with E-state index < -0.39 is 28.9 Å². The molecule has 4 rings (SSSR count). The summed E-state index contributed by atoms with van der Waals surface area (Å²) in [5.74, 6) is -1.10. The van der Waals surface area contributed by atoms with Crippen LogP contribution in [0.2, 0.25) is 0 Å². The number of nitrogens with zero attached hydrogens (tertiary/aromatic N) is 3. The number of carbonyl (C=O) groups excluding carboxylic acids is 3. The maximum Gasteiger partial charge on any atom is 0.320 e. The first kappa shape index (κ1) is 29.3. The van der Waals surface area contributed by atoms with Crippen LogP contribution in [0.25, 0.3) is 0 Å². The zero-order valence-electron chi connectivity index (χ0n) is 23.4. The Kier molecular flexibility index (Phi) is 8.71. The standard InChI is InChI=1S/C31H35N5O5/c1-31(2,3)20-28(37)33-35-26(22-13-8-5-9-14-22)17-23(21-11-6-4-7-12-21)18-27(29(35)38)34(30(32)39)24-15-10-16-25(19-24)36(40)41/h4-16,19,23,26-27H,17-18,20H2,1-3H3,(H2,32,39)(H,33,37). The highest BCUT2D eigenvalue weighted by Crippen LogP contribution is 2.40. The molecule has 3 atom stereocenters. The summed E-state index contributed by atoms with van der Waals surface area (Å²) >= 11 is 0. The van der Waals surface area contributed by atoms with Crippen molar-refractivity contribution in [2.24, 2.45) is 11.1 Å². The van der Waals surface area contributed by atoms with Crippen molar-refractivity contribution < 1.29 is 19.3 Å². The van der Waals surface area contributed by atoms with E-state index in [0.717, 1.165) is 16.0 Å². The van der Waals surface area contributed by atoms with Gasteiger partial charge in [-0.1, -0.05) is 87.5 Å². The van der Waals surface area contributed by atoms with E-state index >= 15 is 0 Å². The molecule has 4 amide bonds. The van der Waals surface area contributed by atoms with Gasteiger partial charge in [-0.25, -0.2) is 9.80 Å². The first-order valence-electron chi connectivity index (χ1n) is 13.5. The number of hydrazine groups is 1. The number of nitro groups is 1. The van der Waals surface area contributed by atoms with E-state index in [9.17, 15) is 24.5 Å². The lowest BCUT2D eigenvalue weighted by atomic mass is 9.86. The Labute approximate surface area is 239 Å². The Morgan fingerprint density at radius 2 is 1.59 bits per heavy atom. The molecule has 3 N–H and O–H groups in total. The smallest absolute Gasteiger partial charge is 0.320 e. The van der Waals surface area contributed by atoms with E-state index in [4.69, 9.17) is 5.73 Å². The van der Waals surface area contributed by atoms with E-state index in [1.54, 1.807) is 0 Å². The number of carbonyl (C=O) groups is 3. The molecule has 41 heavy (non-hydrogen) atoms. The molecule has 1 heterocycles. The normalized spacial score (nSPS) is 19.2. The van der Waals surface area contributed by atoms with Crippen molar-refractivity contribution in [3.05, 3.63) is 106 Å². The fourth-order valence-electron chi connectivity index (χ4n) is 5.33. The number of anilines is 1. The van der Waals surface area contributed by atoms with E-state index in [-0.39, 0.29) is 41.5 Å². The Morgan fingerprint density at radius 1 is 0.976 bits per heavy atom. The predicted molar refractivity (Wildman–Crippen MR) is 156 cm³/mol. The number of benzene rings is 3. The molecule has 0 aromatic heterocycles. The molecule has 1 saturated heterocycles. The molecule has 10 nitrogen and oxygen atoms in total. The Balaban J connectivity index is 1.86. The maximum absolute atomic E-state index is 14.5. The van der Waals surface area contributed by atoms with Crippen LogP contribution in [0.3, 0.4) is 0 Å². The van der Waals surface area contributed by atoms with Gasteiger partial charge < -0.3 is 5.73 Å². The minimum absolute atomic E-state index is 0.121. The predicted octanol–water partition coefficient (Wildman–Crippen LogP) is 5.46. The fraction of sp³-hybridized carbons (Fsp3) is 0.323. The number of primary amides is 1. The van der Waals surface area contributed by atoms with Gasteiger partial charge >= 0.3 is 6.03 Å². The van der Waals surface area contributed by atoms with Crippen molar-refractivity contribution in [2.75, 3.05) is 4.90 Å². The van der Waals surface area contributed by atoms with E-state index in [2.05, 4.69) is 5.43 Å². The molecule has 0 spiro atoms. The minimum atomic E-state index is -1.15. The third kappa shape index (κ3) is 7.08. The minimum Gasteiger partial charge on any atom is -0.351 e. The molecule has 1 fully saturated rings. The average Bonchev–Trinajstić information content (AvgIpc) is 3.06. The summed E-state index contributed by atoms with van der Waals surface area (Å²) in [5.41, 5.74) is 10.0. The molecule has 0 saturated carbocycles. The van der Waals surface area contributed by atoms with Crippen molar-refractivity contribution in [1.29, 1.82) is 0 Å². The molecule has 3 unspecified atom stereocenters. The van der Waals surface area contributed by atoms with Crippen molar-refractivity contribution in [1.82, 2.24) is 10.4 Å². The van der Waals surface area contributed by atoms with Gasteiger partial charge in [-0.15, -0.1) is 0 Å². The summed E-state index contributed by atoms with van der Waals surface area (Å²) in [6.07, 6.45) is 0.798. The van der Waals surface area contributed by atoms with Crippen LogP contribution in [0, 0.1) is 15.5 Å². The second kappa shape index (κ2) is 12.2. The second-order valence-electron chi connectivity index (χ2n) is 11.5. The lowest BCUT2D eigenvalue weighted by Crippen LogP contribution is -2.57. The SMILES string of the molecule is CC(C)(C)CC(=O)NN1C(=O)C(N(C(N)=O)c2cccc([N+](=O)[O-])c2)CC(c2ccccc2)CC1c1ccccc1. The number of rotatable bonds is 7. The van der Waals surface area contributed by atoms with Crippen LogP contribution >= 0.6 is 0 Å². The van der Waals surface area contributed by atoms with Crippen LogP contribution in [0.15, 0.2) is 84.9 Å². The number of non-ortho nitro benzene ring substituents is 1. The highest BCUT2D eigenvalue weighted by atomic mass is 16.6. The summed E-state index contributed by atoms with van der Waals surface area (Å²) < 4.78 is 0. The van der Waals surface area contributed by atoms with Crippen molar-refractivity contribution in [3.8, 4) is 0 Å². The molecule has 1 aliphatic heterocycles. The molecular formula is C31H35N5O5. The number of nitro benzene ring substituents is 1. The van der Waals surface area contributed by atoms with E-state index in [1.807, 2.05) is 81.4 Å². The molecule has 214 valence electrons. The van der Waals surface area contributed by atoms with Crippen LogP contribution < -0.4 is 16.1 Å². The number of nitrogens with two attached hydrogens (primary N) is 1. The van der Waals surface area contributed by atoms with Crippen LogP contribution in [0.5, 0.6) is 0 Å². The average molecular weight is 558 g/mol. The topological polar surface area (TPSA) is 139 Å². The quantitative estimate of drug-likeness (QED) is 0.293. The van der Waals surface area contributed by atoms with Crippen LogP contribution in [-0.2, 0) is 9.59 Å². The van der Waals surface area contributed by atoms with Gasteiger partial charge in [0.2, 0.25) is 5.91 Å². The molecule has 10 heteroatoms. The first-order chi connectivity index (χ1) is 19.4. The summed E-state index contributed by atoms with van der Waals surface area (Å²) in [4.78, 5) is 52.7. The van der Waals surface area contributed by atoms with Crippen LogP contribution in [-0.4, -0.2) is 33.8 Å². The van der Waals surface area contributed by atoms with Gasteiger partial charge in [-0.05, 0) is 41.4 Å². The summed E-state index contributed by atoms with van der Waals surface area (Å²) in [6.45, 7) is 5.78. The third-order valence-electron chi connectivity index (χ3n) is 7.11. The number of hydrogen-bond acceptors (Lipinski definition) is 5. The van der Waals surface area contributed by atoms with E-state index in [0.29, 0.717) is 6.42 Å². The Morgan fingerprint density at radius 3 is 2.15 bits per heavy atom. The molecule has 3 aromatic rings. The highest BCUT2D eigenvalue weighted by Gasteiger charge is 2.43. The summed E-state index contributed by atoms with van der Waals surface area (Å²) in [6, 6.07) is 21.9. The zero-order chi connectivity index (χ0) is 29.7. The molecule has 0 aliphatic carbocycles. The van der Waals surface area contributed by atoms with Gasteiger partial charge in [-0.2, -0.15) is 0 Å². The largest absolute Gasteiger partial charge is 0.351 e. The van der Waals surface area contributed by atoms with Gasteiger partial charge in [0, 0.05) is 18.6 Å². The molecular weight excluding hydrogens is 522 g/mol. The molecule has 0 bridgehead atoms. The van der Waals surface area contributed by atoms with E-state index in [1.165, 1.54) is 29.3 Å².